The number of hydrogen-bond donors (Lipinski definition) is 1. The van der Waals surface area contributed by atoms with Crippen molar-refractivity contribution in [1.29, 1.82) is 0 Å². The molecule has 0 bridgehead atoms. The second kappa shape index (κ2) is 6.80. The summed E-state index contributed by atoms with van der Waals surface area (Å²) in [5.74, 6) is 0.453. The van der Waals surface area contributed by atoms with E-state index in [2.05, 4.69) is 11.8 Å². The van der Waals surface area contributed by atoms with E-state index in [1.165, 1.54) is 0 Å². The first-order valence-corrected chi connectivity index (χ1v) is 7.50. The molecule has 0 spiro atoms. The maximum Gasteiger partial charge on any atom is 0.257 e. The second-order valence-corrected chi connectivity index (χ2v) is 5.51. The van der Waals surface area contributed by atoms with E-state index in [0.717, 1.165) is 32.5 Å². The quantitative estimate of drug-likeness (QED) is 0.860. The lowest BCUT2D eigenvalue weighted by molar-refractivity contribution is 0.0644. The standard InChI is InChI=1S/C16H25N3O2/c1-4-19-10-8-12(9-11-19)18(2)16(20)13-6-5-7-14(17)15(13)21-3/h5-7,12H,4,8-11,17H2,1-3H3. The first-order valence-electron chi connectivity index (χ1n) is 7.50. The Balaban J connectivity index is 2.11. The van der Waals surface area contributed by atoms with E-state index in [-0.39, 0.29) is 11.9 Å². The SMILES string of the molecule is CCN1CCC(N(C)C(=O)c2cccc(N)c2OC)CC1. The van der Waals surface area contributed by atoms with Gasteiger partial charge in [0.25, 0.3) is 5.91 Å². The van der Waals surface area contributed by atoms with Crippen molar-refractivity contribution in [3.05, 3.63) is 23.8 Å². The molecule has 1 aliphatic heterocycles. The van der Waals surface area contributed by atoms with Gasteiger partial charge in [-0.1, -0.05) is 13.0 Å². The van der Waals surface area contributed by atoms with Gasteiger partial charge in [-0.2, -0.15) is 0 Å². The zero-order chi connectivity index (χ0) is 15.4. The Labute approximate surface area is 126 Å². The maximum atomic E-state index is 12.7. The molecule has 1 amide bonds. The minimum absolute atomic E-state index is 0.0194. The summed E-state index contributed by atoms with van der Waals surface area (Å²) in [6.07, 6.45) is 2.03. The molecule has 0 unspecified atom stereocenters. The Hall–Kier alpha value is -1.75. The van der Waals surface area contributed by atoms with Crippen molar-refractivity contribution in [2.24, 2.45) is 0 Å². The van der Waals surface area contributed by atoms with Crippen molar-refractivity contribution >= 4 is 11.6 Å². The summed E-state index contributed by atoms with van der Waals surface area (Å²) in [7, 11) is 3.42. The fourth-order valence-electron chi connectivity index (χ4n) is 2.93. The highest BCUT2D eigenvalue weighted by Gasteiger charge is 2.27. The normalized spacial score (nSPS) is 16.7. The van der Waals surface area contributed by atoms with Crippen LogP contribution >= 0.6 is 0 Å². The maximum absolute atomic E-state index is 12.7. The predicted octanol–water partition coefficient (Wildman–Crippen LogP) is 1.83. The molecule has 2 rings (SSSR count). The average molecular weight is 291 g/mol. The van der Waals surface area contributed by atoms with Gasteiger partial charge in [-0.15, -0.1) is 0 Å². The molecule has 1 fully saturated rings. The highest BCUT2D eigenvalue weighted by atomic mass is 16.5. The van der Waals surface area contributed by atoms with Crippen LogP contribution in [-0.4, -0.2) is 55.5 Å². The van der Waals surface area contributed by atoms with Gasteiger partial charge in [-0.3, -0.25) is 4.79 Å². The largest absolute Gasteiger partial charge is 0.494 e. The Kier molecular flexibility index (Phi) is 5.07. The van der Waals surface area contributed by atoms with Gasteiger partial charge in [0.2, 0.25) is 0 Å². The minimum atomic E-state index is -0.0194. The molecule has 1 aromatic rings. The first-order chi connectivity index (χ1) is 10.1. The highest BCUT2D eigenvalue weighted by Crippen LogP contribution is 2.28. The topological polar surface area (TPSA) is 58.8 Å². The Morgan fingerprint density at radius 1 is 1.43 bits per heavy atom. The molecule has 0 aliphatic carbocycles. The number of para-hydroxylation sites is 1. The molecule has 0 saturated carbocycles. The van der Waals surface area contributed by atoms with Gasteiger partial charge in [-0.05, 0) is 31.5 Å². The van der Waals surface area contributed by atoms with Crippen molar-refractivity contribution in [3.8, 4) is 5.75 Å². The summed E-state index contributed by atoms with van der Waals surface area (Å²) in [5.41, 5.74) is 6.92. The van der Waals surface area contributed by atoms with Crippen LogP contribution in [0.1, 0.15) is 30.1 Å². The number of piperidine rings is 1. The number of methoxy groups -OCH3 is 1. The molecular formula is C16H25N3O2. The van der Waals surface area contributed by atoms with Gasteiger partial charge >= 0.3 is 0 Å². The summed E-state index contributed by atoms with van der Waals surface area (Å²) in [6.45, 7) is 5.35. The third kappa shape index (κ3) is 3.29. The number of carbonyl (C=O) groups excluding carboxylic acids is 1. The number of rotatable bonds is 4. The lowest BCUT2D eigenvalue weighted by Crippen LogP contribution is -2.45. The number of amides is 1. The van der Waals surface area contributed by atoms with Gasteiger partial charge in [0.15, 0.2) is 5.75 Å². The van der Waals surface area contributed by atoms with E-state index in [1.54, 1.807) is 25.3 Å². The number of benzene rings is 1. The Bertz CT molecular complexity index is 496. The van der Waals surface area contributed by atoms with Crippen LogP contribution in [0.3, 0.4) is 0 Å². The summed E-state index contributed by atoms with van der Waals surface area (Å²) in [6, 6.07) is 5.59. The molecule has 0 radical (unpaired) electrons. The zero-order valence-electron chi connectivity index (χ0n) is 13.1. The molecule has 5 heteroatoms. The smallest absolute Gasteiger partial charge is 0.257 e. The summed E-state index contributed by atoms with van der Waals surface area (Å²) in [4.78, 5) is 17.0. The van der Waals surface area contributed by atoms with E-state index in [0.29, 0.717) is 17.0 Å². The summed E-state index contributed by atoms with van der Waals surface area (Å²) in [5, 5.41) is 0. The number of nitrogens with zero attached hydrogens (tertiary/aromatic N) is 2. The fraction of sp³-hybridized carbons (Fsp3) is 0.562. The fourth-order valence-corrected chi connectivity index (χ4v) is 2.93. The number of ether oxygens (including phenoxy) is 1. The number of likely N-dealkylation sites (tertiary alicyclic amines) is 1. The van der Waals surface area contributed by atoms with Gasteiger partial charge in [0.1, 0.15) is 0 Å². The van der Waals surface area contributed by atoms with E-state index in [1.807, 2.05) is 11.9 Å². The van der Waals surface area contributed by atoms with Crippen molar-refractivity contribution in [3.63, 3.8) is 0 Å². The number of nitrogen functional groups attached to an aromatic ring is 1. The van der Waals surface area contributed by atoms with E-state index in [4.69, 9.17) is 10.5 Å². The molecule has 116 valence electrons. The molecule has 21 heavy (non-hydrogen) atoms. The van der Waals surface area contributed by atoms with Gasteiger partial charge in [0, 0.05) is 26.2 Å². The van der Waals surface area contributed by atoms with Crippen LogP contribution in [0.5, 0.6) is 5.75 Å². The number of hydrogen-bond acceptors (Lipinski definition) is 4. The summed E-state index contributed by atoms with van der Waals surface area (Å²) >= 11 is 0. The van der Waals surface area contributed by atoms with Crippen molar-refractivity contribution < 1.29 is 9.53 Å². The van der Waals surface area contributed by atoms with Crippen LogP contribution in [0.15, 0.2) is 18.2 Å². The predicted molar refractivity (Wildman–Crippen MR) is 84.6 cm³/mol. The molecule has 1 aromatic carbocycles. The lowest BCUT2D eigenvalue weighted by Gasteiger charge is -2.36. The minimum Gasteiger partial charge on any atom is -0.494 e. The first kappa shape index (κ1) is 15.6. The molecule has 2 N–H and O–H groups in total. The van der Waals surface area contributed by atoms with Crippen LogP contribution in [0, 0.1) is 0 Å². The van der Waals surface area contributed by atoms with Gasteiger partial charge in [-0.25, -0.2) is 0 Å². The molecule has 1 aliphatic rings. The van der Waals surface area contributed by atoms with Crippen LogP contribution in [-0.2, 0) is 0 Å². The molecule has 1 heterocycles. The third-order valence-corrected chi connectivity index (χ3v) is 4.35. The second-order valence-electron chi connectivity index (χ2n) is 5.51. The van der Waals surface area contributed by atoms with Crippen LogP contribution in [0.25, 0.3) is 0 Å². The van der Waals surface area contributed by atoms with Gasteiger partial charge in [0.05, 0.1) is 18.4 Å². The van der Waals surface area contributed by atoms with Gasteiger partial charge < -0.3 is 20.3 Å². The van der Waals surface area contributed by atoms with E-state index >= 15 is 0 Å². The average Bonchev–Trinajstić information content (AvgIpc) is 2.53. The highest BCUT2D eigenvalue weighted by molar-refractivity contribution is 5.98. The van der Waals surface area contributed by atoms with Crippen LogP contribution < -0.4 is 10.5 Å². The van der Waals surface area contributed by atoms with Crippen molar-refractivity contribution in [2.75, 3.05) is 39.5 Å². The zero-order valence-corrected chi connectivity index (χ0v) is 13.1. The number of nitrogens with two attached hydrogens (primary N) is 1. The molecular weight excluding hydrogens is 266 g/mol. The van der Waals surface area contributed by atoms with Crippen LogP contribution in [0.4, 0.5) is 5.69 Å². The third-order valence-electron chi connectivity index (χ3n) is 4.35. The molecule has 0 atom stereocenters. The van der Waals surface area contributed by atoms with E-state index in [9.17, 15) is 4.79 Å². The van der Waals surface area contributed by atoms with Crippen molar-refractivity contribution in [1.82, 2.24) is 9.80 Å². The monoisotopic (exact) mass is 291 g/mol. The Morgan fingerprint density at radius 2 is 2.10 bits per heavy atom. The lowest BCUT2D eigenvalue weighted by atomic mass is 10.0. The van der Waals surface area contributed by atoms with Crippen molar-refractivity contribution in [2.45, 2.75) is 25.8 Å². The van der Waals surface area contributed by atoms with E-state index < -0.39 is 0 Å². The molecule has 0 aromatic heterocycles. The number of carbonyl (C=O) groups is 1. The number of anilines is 1. The van der Waals surface area contributed by atoms with Crippen LogP contribution in [0.2, 0.25) is 0 Å². The Morgan fingerprint density at radius 3 is 2.67 bits per heavy atom. The molecule has 1 saturated heterocycles. The summed E-state index contributed by atoms with van der Waals surface area (Å²) < 4.78 is 5.29. The molecule has 5 nitrogen and oxygen atoms in total.